The molecule has 0 aromatic heterocycles. The van der Waals surface area contributed by atoms with Crippen LogP contribution in [0.1, 0.15) is 30.9 Å². The molecule has 25 heavy (non-hydrogen) atoms. The second kappa shape index (κ2) is 7.31. The third-order valence-corrected chi connectivity index (χ3v) is 4.82. The SMILES string of the molecule is CCC[C@H]1NC(=O)N(CN2CCc3cc(OC)c(OC)cc3C2)C1=O. The maximum atomic E-state index is 12.4. The number of hydrogen-bond acceptors (Lipinski definition) is 5. The summed E-state index contributed by atoms with van der Waals surface area (Å²) in [5.41, 5.74) is 2.36. The average molecular weight is 347 g/mol. The van der Waals surface area contributed by atoms with Crippen molar-refractivity contribution in [2.24, 2.45) is 0 Å². The quantitative estimate of drug-likeness (QED) is 0.794. The van der Waals surface area contributed by atoms with Crippen LogP contribution >= 0.6 is 0 Å². The van der Waals surface area contributed by atoms with E-state index >= 15 is 0 Å². The first kappa shape index (κ1) is 17.5. The summed E-state index contributed by atoms with van der Waals surface area (Å²) in [6.07, 6.45) is 2.39. The first-order chi connectivity index (χ1) is 12.1. The zero-order valence-corrected chi connectivity index (χ0v) is 15.0. The highest BCUT2D eigenvalue weighted by Gasteiger charge is 2.38. The van der Waals surface area contributed by atoms with E-state index < -0.39 is 0 Å². The fourth-order valence-corrected chi connectivity index (χ4v) is 3.46. The van der Waals surface area contributed by atoms with E-state index in [2.05, 4.69) is 10.2 Å². The van der Waals surface area contributed by atoms with Crippen LogP contribution in [0.2, 0.25) is 0 Å². The van der Waals surface area contributed by atoms with Crippen molar-refractivity contribution in [1.29, 1.82) is 0 Å². The van der Waals surface area contributed by atoms with E-state index in [1.807, 2.05) is 19.1 Å². The topological polar surface area (TPSA) is 71.1 Å². The van der Waals surface area contributed by atoms with Crippen molar-refractivity contribution < 1.29 is 19.1 Å². The van der Waals surface area contributed by atoms with Crippen LogP contribution in [0.3, 0.4) is 0 Å². The second-order valence-corrected chi connectivity index (χ2v) is 6.48. The molecule has 7 nitrogen and oxygen atoms in total. The van der Waals surface area contributed by atoms with Crippen LogP contribution in [0, 0.1) is 0 Å². The molecule has 2 heterocycles. The molecule has 2 aliphatic rings. The fourth-order valence-electron chi connectivity index (χ4n) is 3.46. The van der Waals surface area contributed by atoms with Gasteiger partial charge in [0, 0.05) is 13.1 Å². The number of ether oxygens (including phenoxy) is 2. The summed E-state index contributed by atoms with van der Waals surface area (Å²) >= 11 is 0. The first-order valence-electron chi connectivity index (χ1n) is 8.65. The monoisotopic (exact) mass is 347 g/mol. The van der Waals surface area contributed by atoms with Gasteiger partial charge in [0.25, 0.3) is 5.91 Å². The molecule has 0 radical (unpaired) electrons. The van der Waals surface area contributed by atoms with Crippen LogP contribution in [0.25, 0.3) is 0 Å². The lowest BCUT2D eigenvalue weighted by molar-refractivity contribution is -0.129. The Morgan fingerprint density at radius 3 is 2.48 bits per heavy atom. The van der Waals surface area contributed by atoms with Gasteiger partial charge in [-0.3, -0.25) is 9.69 Å². The van der Waals surface area contributed by atoms with Gasteiger partial charge in [-0.15, -0.1) is 0 Å². The molecule has 0 aliphatic carbocycles. The third-order valence-electron chi connectivity index (χ3n) is 4.82. The molecule has 7 heteroatoms. The third kappa shape index (κ3) is 3.42. The smallest absolute Gasteiger partial charge is 0.325 e. The molecule has 3 amide bonds. The molecule has 0 unspecified atom stereocenters. The minimum absolute atomic E-state index is 0.120. The van der Waals surface area contributed by atoms with Crippen LogP contribution in [0.15, 0.2) is 12.1 Å². The maximum Gasteiger partial charge on any atom is 0.325 e. The van der Waals surface area contributed by atoms with Gasteiger partial charge in [-0.05, 0) is 36.1 Å². The molecule has 1 aromatic rings. The van der Waals surface area contributed by atoms with E-state index in [9.17, 15) is 9.59 Å². The van der Waals surface area contributed by atoms with Gasteiger partial charge in [0.1, 0.15) is 6.04 Å². The lowest BCUT2D eigenvalue weighted by atomic mass is 9.99. The van der Waals surface area contributed by atoms with Crippen molar-refractivity contribution in [1.82, 2.24) is 15.1 Å². The summed E-state index contributed by atoms with van der Waals surface area (Å²) in [5.74, 6) is 1.30. The molecule has 3 rings (SSSR count). The minimum atomic E-state index is -0.376. The lowest BCUT2D eigenvalue weighted by Gasteiger charge is -2.31. The van der Waals surface area contributed by atoms with Crippen LogP contribution in [-0.4, -0.2) is 55.2 Å². The van der Waals surface area contributed by atoms with Crippen molar-refractivity contribution in [2.45, 2.75) is 38.8 Å². The number of rotatable bonds is 6. The number of urea groups is 1. The molecule has 0 saturated carbocycles. The predicted octanol–water partition coefficient (Wildman–Crippen LogP) is 1.74. The lowest BCUT2D eigenvalue weighted by Crippen LogP contribution is -2.44. The Morgan fingerprint density at radius 2 is 1.84 bits per heavy atom. The Hall–Kier alpha value is -2.28. The second-order valence-electron chi connectivity index (χ2n) is 6.48. The Labute approximate surface area is 147 Å². The normalized spacial score (nSPS) is 20.4. The van der Waals surface area contributed by atoms with Gasteiger partial charge < -0.3 is 14.8 Å². The van der Waals surface area contributed by atoms with Gasteiger partial charge >= 0.3 is 6.03 Å². The number of carbonyl (C=O) groups excluding carboxylic acids is 2. The maximum absolute atomic E-state index is 12.4. The van der Waals surface area contributed by atoms with Crippen LogP contribution < -0.4 is 14.8 Å². The molecule has 1 aromatic carbocycles. The van der Waals surface area contributed by atoms with E-state index in [0.29, 0.717) is 25.4 Å². The molecule has 1 fully saturated rings. The van der Waals surface area contributed by atoms with Gasteiger partial charge in [0.2, 0.25) is 0 Å². The summed E-state index contributed by atoms with van der Waals surface area (Å²) in [6.45, 7) is 3.78. The molecular weight excluding hydrogens is 322 g/mol. The predicted molar refractivity (Wildman–Crippen MR) is 92.6 cm³/mol. The van der Waals surface area contributed by atoms with Crippen molar-refractivity contribution in [3.05, 3.63) is 23.3 Å². The Bertz CT molecular complexity index is 677. The molecule has 1 atom stereocenters. The number of carbonyl (C=O) groups is 2. The van der Waals surface area contributed by atoms with Crippen molar-refractivity contribution in [2.75, 3.05) is 27.4 Å². The molecule has 1 saturated heterocycles. The zero-order valence-electron chi connectivity index (χ0n) is 15.0. The molecule has 0 spiro atoms. The van der Waals surface area contributed by atoms with Crippen LogP contribution in [-0.2, 0) is 17.8 Å². The summed E-state index contributed by atoms with van der Waals surface area (Å²) < 4.78 is 10.7. The summed E-state index contributed by atoms with van der Waals surface area (Å²) in [6, 6.07) is 3.32. The highest BCUT2D eigenvalue weighted by atomic mass is 16.5. The number of fused-ring (bicyclic) bond motifs is 1. The molecule has 136 valence electrons. The highest BCUT2D eigenvalue weighted by molar-refractivity contribution is 6.04. The van der Waals surface area contributed by atoms with E-state index in [1.54, 1.807) is 14.2 Å². The van der Waals surface area contributed by atoms with Crippen molar-refractivity contribution in [3.8, 4) is 11.5 Å². The molecule has 2 aliphatic heterocycles. The number of imide groups is 1. The molecular formula is C18H25N3O4. The van der Waals surface area contributed by atoms with E-state index in [4.69, 9.17) is 9.47 Å². The van der Waals surface area contributed by atoms with Crippen molar-refractivity contribution >= 4 is 11.9 Å². The van der Waals surface area contributed by atoms with E-state index in [1.165, 1.54) is 10.5 Å². The Balaban J connectivity index is 1.71. The Kier molecular flexibility index (Phi) is 5.13. The van der Waals surface area contributed by atoms with Gasteiger partial charge in [-0.2, -0.15) is 0 Å². The minimum Gasteiger partial charge on any atom is -0.493 e. The van der Waals surface area contributed by atoms with Crippen LogP contribution in [0.5, 0.6) is 11.5 Å². The molecule has 0 bridgehead atoms. The first-order valence-corrected chi connectivity index (χ1v) is 8.65. The van der Waals surface area contributed by atoms with Crippen LogP contribution in [0.4, 0.5) is 4.79 Å². The summed E-state index contributed by atoms with van der Waals surface area (Å²) in [5, 5.41) is 2.77. The van der Waals surface area contributed by atoms with Gasteiger partial charge in [-0.25, -0.2) is 9.69 Å². The van der Waals surface area contributed by atoms with E-state index in [-0.39, 0.29) is 18.0 Å². The average Bonchev–Trinajstić information content (AvgIpc) is 2.88. The molecule has 1 N–H and O–H groups in total. The highest BCUT2D eigenvalue weighted by Crippen LogP contribution is 2.33. The van der Waals surface area contributed by atoms with Crippen molar-refractivity contribution in [3.63, 3.8) is 0 Å². The number of methoxy groups -OCH3 is 2. The largest absolute Gasteiger partial charge is 0.493 e. The number of nitrogens with one attached hydrogen (secondary N) is 1. The van der Waals surface area contributed by atoms with E-state index in [0.717, 1.165) is 30.7 Å². The summed E-state index contributed by atoms with van der Waals surface area (Å²) in [4.78, 5) is 27.9. The van der Waals surface area contributed by atoms with Gasteiger partial charge in [0.15, 0.2) is 11.5 Å². The summed E-state index contributed by atoms with van der Waals surface area (Å²) in [7, 11) is 3.25. The Morgan fingerprint density at radius 1 is 1.16 bits per heavy atom. The standard InChI is InChI=1S/C18H25N3O4/c1-4-5-14-17(22)21(18(23)19-14)11-20-7-6-12-8-15(24-2)16(25-3)9-13(12)10-20/h8-9,14H,4-7,10-11H2,1-3H3,(H,19,23)/t14-/m1/s1. The number of hydrogen-bond donors (Lipinski definition) is 1. The number of benzene rings is 1. The fraction of sp³-hybridized carbons (Fsp3) is 0.556. The zero-order chi connectivity index (χ0) is 18.0. The van der Waals surface area contributed by atoms with Gasteiger partial charge in [0.05, 0.1) is 20.9 Å². The number of nitrogens with zero attached hydrogens (tertiary/aromatic N) is 2. The van der Waals surface area contributed by atoms with Gasteiger partial charge in [-0.1, -0.05) is 13.3 Å². The number of amides is 3.